The van der Waals surface area contributed by atoms with Crippen molar-refractivity contribution in [2.24, 2.45) is 11.7 Å². The fourth-order valence-corrected chi connectivity index (χ4v) is 1.93. The Balaban J connectivity index is 2.17. The van der Waals surface area contributed by atoms with Crippen LogP contribution in [0.25, 0.3) is 0 Å². The highest BCUT2D eigenvalue weighted by Gasteiger charge is 2.39. The van der Waals surface area contributed by atoms with Gasteiger partial charge in [0.05, 0.1) is 5.92 Å². The lowest BCUT2D eigenvalue weighted by atomic mass is 9.86. The van der Waals surface area contributed by atoms with E-state index >= 15 is 0 Å². The molecular weight excluding hydrogens is 128 g/mol. The molecule has 1 aliphatic carbocycles. The van der Waals surface area contributed by atoms with Crippen LogP contribution >= 0.6 is 0 Å². The molecule has 1 saturated heterocycles. The number of carbonyl (C=O) groups is 1. The third kappa shape index (κ3) is 0.736. The molecule has 0 aromatic rings. The van der Waals surface area contributed by atoms with Crippen molar-refractivity contribution < 1.29 is 4.79 Å². The summed E-state index contributed by atoms with van der Waals surface area (Å²) in [6.45, 7) is 0. The van der Waals surface area contributed by atoms with E-state index in [0.717, 1.165) is 19.3 Å². The quantitative estimate of drug-likeness (QED) is 0.481. The minimum absolute atomic E-state index is 0.124. The zero-order valence-electron chi connectivity index (χ0n) is 5.84. The molecular formula is C7H12N2O. The summed E-state index contributed by atoms with van der Waals surface area (Å²) in [7, 11) is 0. The van der Waals surface area contributed by atoms with Crippen LogP contribution in [0.1, 0.15) is 19.3 Å². The molecule has 0 unspecified atom stereocenters. The molecule has 3 heteroatoms. The van der Waals surface area contributed by atoms with E-state index in [9.17, 15) is 4.79 Å². The van der Waals surface area contributed by atoms with Crippen LogP contribution in [0.5, 0.6) is 0 Å². The molecule has 0 spiro atoms. The summed E-state index contributed by atoms with van der Waals surface area (Å²) in [6, 6.07) is 0.566. The van der Waals surface area contributed by atoms with Crippen molar-refractivity contribution in [1.82, 2.24) is 5.32 Å². The minimum atomic E-state index is 0.124. The summed E-state index contributed by atoms with van der Waals surface area (Å²) in [4.78, 5) is 11.1. The van der Waals surface area contributed by atoms with E-state index in [4.69, 9.17) is 5.73 Å². The van der Waals surface area contributed by atoms with Gasteiger partial charge in [0.2, 0.25) is 5.91 Å². The summed E-state index contributed by atoms with van der Waals surface area (Å²) < 4.78 is 0. The minimum Gasteiger partial charge on any atom is -0.353 e. The van der Waals surface area contributed by atoms with E-state index < -0.39 is 0 Å². The van der Waals surface area contributed by atoms with Gasteiger partial charge in [0.25, 0.3) is 0 Å². The van der Waals surface area contributed by atoms with Crippen molar-refractivity contribution in [1.29, 1.82) is 0 Å². The van der Waals surface area contributed by atoms with Crippen LogP contribution in [0.15, 0.2) is 0 Å². The monoisotopic (exact) mass is 140 g/mol. The van der Waals surface area contributed by atoms with Gasteiger partial charge in [0, 0.05) is 12.1 Å². The van der Waals surface area contributed by atoms with E-state index in [2.05, 4.69) is 5.32 Å². The zero-order valence-corrected chi connectivity index (χ0v) is 5.84. The third-order valence-corrected chi connectivity index (χ3v) is 2.59. The fraction of sp³-hybridized carbons (Fsp3) is 0.857. The predicted octanol–water partition coefficient (Wildman–Crippen LogP) is -0.388. The van der Waals surface area contributed by atoms with Gasteiger partial charge in [-0.05, 0) is 19.3 Å². The maximum absolute atomic E-state index is 11.1. The number of hydrogen-bond acceptors (Lipinski definition) is 2. The summed E-state index contributed by atoms with van der Waals surface area (Å²) >= 11 is 0. The molecule has 0 aromatic carbocycles. The number of hydrogen-bond donors (Lipinski definition) is 2. The second-order valence-corrected chi connectivity index (χ2v) is 3.29. The van der Waals surface area contributed by atoms with Crippen molar-refractivity contribution in [3.8, 4) is 0 Å². The van der Waals surface area contributed by atoms with Gasteiger partial charge in [-0.25, -0.2) is 0 Å². The largest absolute Gasteiger partial charge is 0.353 e. The lowest BCUT2D eigenvalue weighted by molar-refractivity contribution is -0.122. The second-order valence-electron chi connectivity index (χ2n) is 3.29. The van der Waals surface area contributed by atoms with Crippen molar-refractivity contribution in [2.45, 2.75) is 31.3 Å². The van der Waals surface area contributed by atoms with Crippen molar-refractivity contribution in [2.75, 3.05) is 0 Å². The van der Waals surface area contributed by atoms with Gasteiger partial charge >= 0.3 is 0 Å². The number of fused-ring (bicyclic) bond motifs is 2. The van der Waals surface area contributed by atoms with E-state index in [1.165, 1.54) is 0 Å². The fourth-order valence-electron chi connectivity index (χ4n) is 1.93. The molecule has 1 aliphatic heterocycles. The topological polar surface area (TPSA) is 55.1 Å². The Morgan fingerprint density at radius 2 is 2.30 bits per heavy atom. The molecule has 0 aromatic heterocycles. The maximum atomic E-state index is 11.1. The molecule has 3 N–H and O–H groups in total. The second kappa shape index (κ2) is 1.95. The van der Waals surface area contributed by atoms with E-state index in [0.29, 0.717) is 6.04 Å². The molecule has 3 atom stereocenters. The lowest BCUT2D eigenvalue weighted by Gasteiger charge is -2.21. The zero-order chi connectivity index (χ0) is 7.14. The number of nitrogens with two attached hydrogens (primary N) is 1. The molecule has 1 heterocycles. The van der Waals surface area contributed by atoms with Gasteiger partial charge in [-0.1, -0.05) is 0 Å². The molecule has 3 nitrogen and oxygen atoms in total. The van der Waals surface area contributed by atoms with Gasteiger partial charge in [-0.3, -0.25) is 4.79 Å². The van der Waals surface area contributed by atoms with Crippen LogP contribution in [-0.2, 0) is 4.79 Å². The van der Waals surface area contributed by atoms with Gasteiger partial charge in [0.15, 0.2) is 0 Å². The smallest absolute Gasteiger partial charge is 0.224 e. The molecule has 0 radical (unpaired) electrons. The van der Waals surface area contributed by atoms with Gasteiger partial charge < -0.3 is 11.1 Å². The first-order valence-electron chi connectivity index (χ1n) is 3.83. The van der Waals surface area contributed by atoms with Crippen molar-refractivity contribution >= 4 is 5.91 Å². The summed E-state index contributed by atoms with van der Waals surface area (Å²) in [5.74, 6) is 0.300. The van der Waals surface area contributed by atoms with Crippen molar-refractivity contribution in [3.63, 3.8) is 0 Å². The van der Waals surface area contributed by atoms with Crippen LogP contribution < -0.4 is 11.1 Å². The molecule has 2 fully saturated rings. The van der Waals surface area contributed by atoms with Gasteiger partial charge in [0.1, 0.15) is 0 Å². The molecule has 1 saturated carbocycles. The molecule has 1 amide bonds. The summed E-state index contributed by atoms with van der Waals surface area (Å²) in [5, 5.41) is 2.93. The number of amides is 1. The van der Waals surface area contributed by atoms with E-state index in [1.807, 2.05) is 0 Å². The first-order chi connectivity index (χ1) is 4.77. The average Bonchev–Trinajstić information content (AvgIpc) is 2.21. The maximum Gasteiger partial charge on any atom is 0.224 e. The van der Waals surface area contributed by atoms with Crippen LogP contribution in [0.4, 0.5) is 0 Å². The number of nitrogens with one attached hydrogen (secondary N) is 1. The Morgan fingerprint density at radius 3 is 3.00 bits per heavy atom. The number of carbonyl (C=O) groups excluding carboxylic acids is 1. The SMILES string of the molecule is N[C@H]1CC[C@H]2C[C@H]1C(=O)N2. The Labute approximate surface area is 60.0 Å². The third-order valence-electron chi connectivity index (χ3n) is 2.59. The van der Waals surface area contributed by atoms with Crippen LogP contribution in [-0.4, -0.2) is 18.0 Å². The normalized spacial score (nSPS) is 45.3. The molecule has 2 rings (SSSR count). The first kappa shape index (κ1) is 6.16. The Kier molecular flexibility index (Phi) is 1.20. The molecule has 56 valence electrons. The van der Waals surface area contributed by atoms with Crippen molar-refractivity contribution in [3.05, 3.63) is 0 Å². The highest BCUT2D eigenvalue weighted by Crippen LogP contribution is 2.28. The first-order valence-corrected chi connectivity index (χ1v) is 3.83. The molecule has 2 bridgehead atoms. The van der Waals surface area contributed by atoms with Crippen LogP contribution in [0.3, 0.4) is 0 Å². The number of rotatable bonds is 0. The summed E-state index contributed by atoms with van der Waals surface area (Å²) in [5.41, 5.74) is 5.75. The van der Waals surface area contributed by atoms with E-state index in [1.54, 1.807) is 0 Å². The molecule has 10 heavy (non-hydrogen) atoms. The highest BCUT2D eigenvalue weighted by molar-refractivity contribution is 5.82. The Morgan fingerprint density at radius 1 is 1.50 bits per heavy atom. The molecule has 2 aliphatic rings. The Bertz CT molecular complexity index is 169. The highest BCUT2D eigenvalue weighted by atomic mass is 16.2. The van der Waals surface area contributed by atoms with Crippen LogP contribution in [0, 0.1) is 5.92 Å². The van der Waals surface area contributed by atoms with E-state index in [-0.39, 0.29) is 17.9 Å². The predicted molar refractivity (Wildman–Crippen MR) is 37.2 cm³/mol. The van der Waals surface area contributed by atoms with Gasteiger partial charge in [-0.2, -0.15) is 0 Å². The average molecular weight is 140 g/mol. The lowest BCUT2D eigenvalue weighted by Crippen LogP contribution is -2.35. The van der Waals surface area contributed by atoms with Crippen LogP contribution in [0.2, 0.25) is 0 Å². The Hall–Kier alpha value is -0.570. The standard InChI is InChI=1S/C7H12N2O/c8-6-2-1-4-3-5(6)7(10)9-4/h4-6H,1-3,8H2,(H,9,10)/t4-,5+,6-/m0/s1. The summed E-state index contributed by atoms with van der Waals surface area (Å²) in [6.07, 6.45) is 3.05. The van der Waals surface area contributed by atoms with Gasteiger partial charge in [-0.15, -0.1) is 0 Å².